The molecule has 4 heteroatoms. The van der Waals surface area contributed by atoms with Crippen molar-refractivity contribution in [2.45, 2.75) is 111 Å². The number of hydrogen-bond donors (Lipinski definition) is 0. The number of carbonyl (C=O) groups excluding carboxylic acids is 2. The van der Waals surface area contributed by atoms with Crippen LogP contribution in [0, 0.1) is 0 Å². The monoisotopic (exact) mass is 355 g/mol. The summed E-state index contributed by atoms with van der Waals surface area (Å²) in [6.07, 6.45) is 12.1. The van der Waals surface area contributed by atoms with Crippen molar-refractivity contribution >= 4 is 11.9 Å². The van der Waals surface area contributed by atoms with Crippen LogP contribution < -0.4 is 0 Å². The maximum absolute atomic E-state index is 12.5. The van der Waals surface area contributed by atoms with Crippen LogP contribution in [0.4, 0.5) is 0 Å². The standard InChI is InChI=1S/C21H41NO3/c1-5-8-11-12-13-14-15-16-20(23)25-19(4)21(24)22(17-9-6-2)18-10-7-3/h19H,5-18H2,1-4H3/t19-/m1/s1. The van der Waals surface area contributed by atoms with E-state index in [1.165, 1.54) is 32.1 Å². The third-order valence-electron chi connectivity index (χ3n) is 4.52. The van der Waals surface area contributed by atoms with E-state index in [1.54, 1.807) is 6.92 Å². The Bertz CT molecular complexity index is 336. The second-order valence-electron chi connectivity index (χ2n) is 7.04. The van der Waals surface area contributed by atoms with Crippen molar-refractivity contribution in [3.05, 3.63) is 0 Å². The highest BCUT2D eigenvalue weighted by molar-refractivity contribution is 5.83. The Morgan fingerprint density at radius 1 is 0.760 bits per heavy atom. The molecular weight excluding hydrogens is 314 g/mol. The Labute approximate surface area is 155 Å². The molecule has 148 valence electrons. The van der Waals surface area contributed by atoms with Gasteiger partial charge < -0.3 is 9.64 Å². The van der Waals surface area contributed by atoms with Gasteiger partial charge in [0.15, 0.2) is 6.10 Å². The van der Waals surface area contributed by atoms with E-state index < -0.39 is 6.10 Å². The smallest absolute Gasteiger partial charge is 0.306 e. The molecular formula is C21H41NO3. The summed E-state index contributed by atoms with van der Waals surface area (Å²) in [4.78, 5) is 26.3. The fourth-order valence-electron chi connectivity index (χ4n) is 2.82. The molecule has 1 atom stereocenters. The van der Waals surface area contributed by atoms with Crippen molar-refractivity contribution in [1.82, 2.24) is 4.90 Å². The third-order valence-corrected chi connectivity index (χ3v) is 4.52. The summed E-state index contributed by atoms with van der Waals surface area (Å²) >= 11 is 0. The number of rotatable bonds is 16. The Kier molecular flexibility index (Phi) is 15.7. The molecule has 4 nitrogen and oxygen atoms in total. The van der Waals surface area contributed by atoms with Crippen molar-refractivity contribution in [3.8, 4) is 0 Å². The molecule has 0 saturated carbocycles. The van der Waals surface area contributed by atoms with Gasteiger partial charge in [0.1, 0.15) is 0 Å². The number of hydrogen-bond acceptors (Lipinski definition) is 3. The van der Waals surface area contributed by atoms with Crippen LogP contribution in [-0.2, 0) is 14.3 Å². The maximum atomic E-state index is 12.5. The SMILES string of the molecule is CCCCCCCCCC(=O)O[C@H](C)C(=O)N(CCCC)CCCC. The molecule has 1 amide bonds. The van der Waals surface area contributed by atoms with Gasteiger partial charge in [0.25, 0.3) is 5.91 Å². The van der Waals surface area contributed by atoms with Gasteiger partial charge in [0.05, 0.1) is 0 Å². The number of carbonyl (C=O) groups is 2. The number of amides is 1. The van der Waals surface area contributed by atoms with Gasteiger partial charge in [0, 0.05) is 19.5 Å². The van der Waals surface area contributed by atoms with E-state index in [-0.39, 0.29) is 11.9 Å². The van der Waals surface area contributed by atoms with E-state index in [9.17, 15) is 9.59 Å². The first-order chi connectivity index (χ1) is 12.1. The largest absolute Gasteiger partial charge is 0.453 e. The minimum absolute atomic E-state index is 0.0465. The van der Waals surface area contributed by atoms with E-state index in [4.69, 9.17) is 4.74 Å². The molecule has 0 rings (SSSR count). The minimum Gasteiger partial charge on any atom is -0.453 e. The Balaban J connectivity index is 4.06. The van der Waals surface area contributed by atoms with E-state index in [0.717, 1.165) is 51.6 Å². The lowest BCUT2D eigenvalue weighted by atomic mass is 10.1. The third kappa shape index (κ3) is 12.9. The van der Waals surface area contributed by atoms with Crippen LogP contribution in [0.1, 0.15) is 105 Å². The topological polar surface area (TPSA) is 46.6 Å². The molecule has 0 fully saturated rings. The van der Waals surface area contributed by atoms with Crippen LogP contribution in [0.3, 0.4) is 0 Å². The van der Waals surface area contributed by atoms with Crippen molar-refractivity contribution in [2.24, 2.45) is 0 Å². The molecule has 0 N–H and O–H groups in total. The second kappa shape index (κ2) is 16.4. The molecule has 0 aromatic carbocycles. The summed E-state index contributed by atoms with van der Waals surface area (Å²) in [6, 6.07) is 0. The normalized spacial score (nSPS) is 12.0. The number of esters is 1. The Morgan fingerprint density at radius 2 is 1.24 bits per heavy atom. The van der Waals surface area contributed by atoms with Crippen molar-refractivity contribution < 1.29 is 14.3 Å². The van der Waals surface area contributed by atoms with Gasteiger partial charge in [-0.1, -0.05) is 72.1 Å². The number of nitrogens with zero attached hydrogens (tertiary/aromatic N) is 1. The highest BCUT2D eigenvalue weighted by Crippen LogP contribution is 2.10. The Hall–Kier alpha value is -1.06. The van der Waals surface area contributed by atoms with E-state index in [2.05, 4.69) is 20.8 Å². The van der Waals surface area contributed by atoms with Crippen LogP contribution >= 0.6 is 0 Å². The molecule has 0 aromatic heterocycles. The fourth-order valence-corrected chi connectivity index (χ4v) is 2.82. The van der Waals surface area contributed by atoms with Gasteiger partial charge in [-0.25, -0.2) is 0 Å². The summed E-state index contributed by atoms with van der Waals surface area (Å²) in [5, 5.41) is 0. The lowest BCUT2D eigenvalue weighted by molar-refractivity contribution is -0.159. The first kappa shape index (κ1) is 23.9. The molecule has 0 aromatic rings. The highest BCUT2D eigenvalue weighted by Gasteiger charge is 2.23. The fraction of sp³-hybridized carbons (Fsp3) is 0.905. The summed E-state index contributed by atoms with van der Waals surface area (Å²) < 4.78 is 5.37. The summed E-state index contributed by atoms with van der Waals surface area (Å²) in [5.41, 5.74) is 0. The molecule has 25 heavy (non-hydrogen) atoms. The van der Waals surface area contributed by atoms with Gasteiger partial charge in [0.2, 0.25) is 0 Å². The molecule has 0 aliphatic rings. The number of ether oxygens (including phenoxy) is 1. The first-order valence-corrected chi connectivity index (χ1v) is 10.5. The first-order valence-electron chi connectivity index (χ1n) is 10.5. The minimum atomic E-state index is -0.661. The zero-order chi connectivity index (χ0) is 18.9. The molecule has 0 spiro atoms. The summed E-state index contributed by atoms with van der Waals surface area (Å²) in [7, 11) is 0. The molecule has 0 heterocycles. The molecule has 0 saturated heterocycles. The zero-order valence-electron chi connectivity index (χ0n) is 17.1. The predicted octanol–water partition coefficient (Wildman–Crippen LogP) is 5.49. The summed E-state index contributed by atoms with van der Waals surface area (Å²) in [6.45, 7) is 9.67. The van der Waals surface area contributed by atoms with E-state index in [1.807, 2.05) is 4.90 Å². The lowest BCUT2D eigenvalue weighted by Crippen LogP contribution is -2.41. The van der Waals surface area contributed by atoms with Gasteiger partial charge in [-0.3, -0.25) is 9.59 Å². The van der Waals surface area contributed by atoms with Crippen LogP contribution in [0.15, 0.2) is 0 Å². The molecule has 0 aliphatic carbocycles. The van der Waals surface area contributed by atoms with E-state index >= 15 is 0 Å². The lowest BCUT2D eigenvalue weighted by Gasteiger charge is -2.25. The molecule has 0 radical (unpaired) electrons. The maximum Gasteiger partial charge on any atom is 0.306 e. The van der Waals surface area contributed by atoms with Crippen LogP contribution in [0.25, 0.3) is 0 Å². The average molecular weight is 356 g/mol. The van der Waals surface area contributed by atoms with Crippen molar-refractivity contribution in [3.63, 3.8) is 0 Å². The second-order valence-corrected chi connectivity index (χ2v) is 7.04. The van der Waals surface area contributed by atoms with Crippen molar-refractivity contribution in [1.29, 1.82) is 0 Å². The highest BCUT2D eigenvalue weighted by atomic mass is 16.5. The van der Waals surface area contributed by atoms with Gasteiger partial charge in [-0.15, -0.1) is 0 Å². The molecule has 0 unspecified atom stereocenters. The van der Waals surface area contributed by atoms with Crippen molar-refractivity contribution in [2.75, 3.05) is 13.1 Å². The van der Waals surface area contributed by atoms with Crippen LogP contribution in [-0.4, -0.2) is 36.0 Å². The average Bonchev–Trinajstić information content (AvgIpc) is 2.60. The Morgan fingerprint density at radius 3 is 1.76 bits per heavy atom. The molecule has 0 bridgehead atoms. The van der Waals surface area contributed by atoms with Gasteiger partial charge in [-0.2, -0.15) is 0 Å². The quantitative estimate of drug-likeness (QED) is 0.272. The van der Waals surface area contributed by atoms with Crippen LogP contribution in [0.2, 0.25) is 0 Å². The predicted molar refractivity (Wildman–Crippen MR) is 105 cm³/mol. The summed E-state index contributed by atoms with van der Waals surface area (Å²) in [5.74, 6) is -0.282. The zero-order valence-corrected chi connectivity index (χ0v) is 17.1. The van der Waals surface area contributed by atoms with Crippen LogP contribution in [0.5, 0.6) is 0 Å². The van der Waals surface area contributed by atoms with E-state index in [0.29, 0.717) is 6.42 Å². The molecule has 0 aliphatic heterocycles. The van der Waals surface area contributed by atoms with Gasteiger partial charge in [-0.05, 0) is 26.2 Å². The number of unbranched alkanes of at least 4 members (excludes halogenated alkanes) is 8. The van der Waals surface area contributed by atoms with Gasteiger partial charge >= 0.3 is 5.97 Å².